The molecule has 0 fully saturated rings. The number of nitrogens with zero attached hydrogens (tertiary/aromatic N) is 1. The number of benzene rings is 3. The fourth-order valence-electron chi connectivity index (χ4n) is 3.45. The average molecular weight is 587 g/mol. The normalized spacial score (nSPS) is 11.7. The summed E-state index contributed by atoms with van der Waals surface area (Å²) in [7, 11) is 0. The molecule has 1 heterocycles. The number of ether oxygens (including phenoxy) is 4. The highest BCUT2D eigenvalue weighted by Gasteiger charge is 2.16. The van der Waals surface area contributed by atoms with Crippen LogP contribution < -0.4 is 35.0 Å². The molecule has 0 unspecified atom stereocenters. The van der Waals surface area contributed by atoms with Crippen molar-refractivity contribution < 1.29 is 33.3 Å². The number of hydrogen-bond acceptors (Lipinski definition) is 8. The quantitative estimate of drug-likeness (QED) is 0.186. The molecule has 0 spiro atoms. The molecule has 0 saturated carbocycles. The number of amides is 3. The van der Waals surface area contributed by atoms with Gasteiger partial charge in [0.25, 0.3) is 5.91 Å². The summed E-state index contributed by atoms with van der Waals surface area (Å²) in [6.07, 6.45) is 1.34. The highest BCUT2D eigenvalue weighted by atomic mass is 35.5. The molecule has 0 radical (unpaired) electrons. The Kier molecular flexibility index (Phi) is 9.66. The van der Waals surface area contributed by atoms with Crippen LogP contribution in [0, 0.1) is 0 Å². The Morgan fingerprint density at radius 2 is 1.80 bits per heavy atom. The summed E-state index contributed by atoms with van der Waals surface area (Å²) >= 11 is 12.1. The first kappa shape index (κ1) is 28.5. The number of carbonyl (C=O) groups is 3. The first-order valence-corrected chi connectivity index (χ1v) is 12.7. The molecule has 0 bridgehead atoms. The second-order valence-electron chi connectivity index (χ2n) is 8.15. The Labute approximate surface area is 239 Å². The third-order valence-corrected chi connectivity index (χ3v) is 6.15. The van der Waals surface area contributed by atoms with E-state index in [2.05, 4.69) is 21.2 Å². The molecule has 13 heteroatoms. The second-order valence-corrected chi connectivity index (χ2v) is 8.93. The van der Waals surface area contributed by atoms with Crippen molar-refractivity contribution in [2.24, 2.45) is 5.10 Å². The van der Waals surface area contributed by atoms with Crippen molar-refractivity contribution in [2.75, 3.05) is 25.3 Å². The van der Waals surface area contributed by atoms with Gasteiger partial charge in [-0.25, -0.2) is 5.43 Å². The molecule has 208 valence electrons. The maximum atomic E-state index is 12.3. The molecule has 4 rings (SSSR count). The van der Waals surface area contributed by atoms with Gasteiger partial charge in [-0.3, -0.25) is 14.4 Å². The van der Waals surface area contributed by atoms with Crippen molar-refractivity contribution >= 4 is 52.8 Å². The van der Waals surface area contributed by atoms with Crippen LogP contribution in [0.5, 0.6) is 23.0 Å². The first-order chi connectivity index (χ1) is 19.3. The van der Waals surface area contributed by atoms with Crippen molar-refractivity contribution in [2.45, 2.75) is 13.5 Å². The van der Waals surface area contributed by atoms with Crippen LogP contribution in [0.3, 0.4) is 0 Å². The van der Waals surface area contributed by atoms with Crippen molar-refractivity contribution in [3.05, 3.63) is 75.8 Å². The van der Waals surface area contributed by atoms with Crippen LogP contribution in [0.4, 0.5) is 5.69 Å². The number of fused-ring (bicyclic) bond motifs is 1. The zero-order valence-electron chi connectivity index (χ0n) is 21.2. The molecular formula is C27H24Cl2N4O7. The number of hydrogen-bond donors (Lipinski definition) is 3. The third-order valence-electron chi connectivity index (χ3n) is 5.33. The van der Waals surface area contributed by atoms with Crippen LogP contribution in [0.1, 0.15) is 18.1 Å². The fourth-order valence-corrected chi connectivity index (χ4v) is 3.80. The standard InChI is InChI=1S/C27H24Cl2N4O7/c1-2-37-22-11-17(7-8-20(22)38-14-24(34)32-19-5-3-4-18(28)25(19)29)13-31-33-27(36)26(35)30-12-16-6-9-21-23(10-16)40-15-39-21/h3-11,13H,2,12,14-15H2,1H3,(H,30,35)(H,32,34)(H,33,36)/b31-13-. The Bertz CT molecular complexity index is 1450. The highest BCUT2D eigenvalue weighted by Crippen LogP contribution is 2.33. The molecule has 1 aliphatic rings. The number of rotatable bonds is 10. The summed E-state index contributed by atoms with van der Waals surface area (Å²) in [4.78, 5) is 36.6. The molecule has 0 aromatic heterocycles. The van der Waals surface area contributed by atoms with Gasteiger partial charge in [0.1, 0.15) is 0 Å². The van der Waals surface area contributed by atoms with Crippen LogP contribution in [-0.4, -0.2) is 43.9 Å². The average Bonchev–Trinajstić information content (AvgIpc) is 3.42. The minimum Gasteiger partial charge on any atom is -0.490 e. The summed E-state index contributed by atoms with van der Waals surface area (Å²) in [5.41, 5.74) is 3.83. The number of hydrazone groups is 1. The van der Waals surface area contributed by atoms with E-state index < -0.39 is 17.7 Å². The topological polar surface area (TPSA) is 137 Å². The lowest BCUT2D eigenvalue weighted by atomic mass is 10.2. The SMILES string of the molecule is CCOc1cc(/C=N\NC(=O)C(=O)NCc2ccc3c(c2)OCO3)ccc1OCC(=O)Nc1cccc(Cl)c1Cl. The summed E-state index contributed by atoms with van der Waals surface area (Å²) in [6, 6.07) is 14.9. The molecule has 3 aromatic rings. The van der Waals surface area contributed by atoms with E-state index in [0.29, 0.717) is 45.9 Å². The van der Waals surface area contributed by atoms with Crippen LogP contribution in [0.25, 0.3) is 0 Å². The summed E-state index contributed by atoms with van der Waals surface area (Å²) < 4.78 is 21.8. The highest BCUT2D eigenvalue weighted by molar-refractivity contribution is 6.44. The molecule has 3 amide bonds. The van der Waals surface area contributed by atoms with Crippen molar-refractivity contribution in [1.29, 1.82) is 0 Å². The van der Waals surface area contributed by atoms with Gasteiger partial charge in [0.05, 0.1) is 28.6 Å². The lowest BCUT2D eigenvalue weighted by molar-refractivity contribution is -0.139. The predicted octanol–water partition coefficient (Wildman–Crippen LogP) is 3.90. The number of carbonyl (C=O) groups excluding carboxylic acids is 3. The lowest BCUT2D eigenvalue weighted by Gasteiger charge is -2.13. The molecule has 3 N–H and O–H groups in total. The van der Waals surface area contributed by atoms with E-state index in [1.165, 1.54) is 6.21 Å². The Morgan fingerprint density at radius 1 is 0.975 bits per heavy atom. The van der Waals surface area contributed by atoms with E-state index in [1.807, 2.05) is 0 Å². The van der Waals surface area contributed by atoms with Crippen LogP contribution in [0.2, 0.25) is 10.0 Å². The molecule has 0 saturated heterocycles. The van der Waals surface area contributed by atoms with Gasteiger partial charge in [-0.2, -0.15) is 5.10 Å². The van der Waals surface area contributed by atoms with Gasteiger partial charge in [-0.1, -0.05) is 35.3 Å². The van der Waals surface area contributed by atoms with E-state index in [1.54, 1.807) is 61.5 Å². The lowest BCUT2D eigenvalue weighted by Crippen LogP contribution is -2.37. The molecule has 0 aliphatic carbocycles. The Morgan fingerprint density at radius 3 is 2.62 bits per heavy atom. The van der Waals surface area contributed by atoms with E-state index in [4.69, 9.17) is 42.1 Å². The van der Waals surface area contributed by atoms with Gasteiger partial charge in [-0.05, 0) is 60.5 Å². The van der Waals surface area contributed by atoms with Gasteiger partial charge >= 0.3 is 11.8 Å². The van der Waals surface area contributed by atoms with Crippen LogP contribution in [0.15, 0.2) is 59.7 Å². The molecule has 40 heavy (non-hydrogen) atoms. The van der Waals surface area contributed by atoms with Crippen LogP contribution in [-0.2, 0) is 20.9 Å². The largest absolute Gasteiger partial charge is 0.490 e. The van der Waals surface area contributed by atoms with Crippen molar-refractivity contribution in [1.82, 2.24) is 10.7 Å². The Balaban J connectivity index is 1.28. The van der Waals surface area contributed by atoms with Crippen molar-refractivity contribution in [3.8, 4) is 23.0 Å². The summed E-state index contributed by atoms with van der Waals surface area (Å²) in [5, 5.41) is 9.51. The Hall–Kier alpha value is -4.48. The number of anilines is 1. The van der Waals surface area contributed by atoms with Crippen LogP contribution >= 0.6 is 23.2 Å². The number of halogens is 2. The van der Waals surface area contributed by atoms with E-state index in [0.717, 1.165) is 5.56 Å². The molecule has 0 atom stereocenters. The smallest absolute Gasteiger partial charge is 0.329 e. The van der Waals surface area contributed by atoms with E-state index >= 15 is 0 Å². The maximum Gasteiger partial charge on any atom is 0.329 e. The van der Waals surface area contributed by atoms with Gasteiger partial charge in [0, 0.05) is 6.54 Å². The number of nitrogens with one attached hydrogen (secondary N) is 3. The minimum absolute atomic E-state index is 0.121. The maximum absolute atomic E-state index is 12.3. The second kappa shape index (κ2) is 13.5. The monoisotopic (exact) mass is 586 g/mol. The zero-order chi connectivity index (χ0) is 28.5. The van der Waals surface area contributed by atoms with Gasteiger partial charge in [0.2, 0.25) is 6.79 Å². The minimum atomic E-state index is -0.937. The van der Waals surface area contributed by atoms with Gasteiger partial charge in [0.15, 0.2) is 29.6 Å². The van der Waals surface area contributed by atoms with Gasteiger partial charge in [-0.15, -0.1) is 0 Å². The summed E-state index contributed by atoms with van der Waals surface area (Å²) in [5.74, 6) is -0.366. The molecule has 11 nitrogen and oxygen atoms in total. The zero-order valence-corrected chi connectivity index (χ0v) is 22.7. The fraction of sp³-hybridized carbons (Fsp3) is 0.185. The van der Waals surface area contributed by atoms with Crippen molar-refractivity contribution in [3.63, 3.8) is 0 Å². The van der Waals surface area contributed by atoms with E-state index in [-0.39, 0.29) is 25.0 Å². The first-order valence-electron chi connectivity index (χ1n) is 12.0. The summed E-state index contributed by atoms with van der Waals surface area (Å²) in [6.45, 7) is 2.08. The molecular weight excluding hydrogens is 563 g/mol. The van der Waals surface area contributed by atoms with E-state index in [9.17, 15) is 14.4 Å². The van der Waals surface area contributed by atoms with Gasteiger partial charge < -0.3 is 29.6 Å². The predicted molar refractivity (Wildman–Crippen MR) is 148 cm³/mol. The third kappa shape index (κ3) is 7.55. The molecule has 1 aliphatic heterocycles. The molecule has 3 aromatic carbocycles.